The predicted octanol–water partition coefficient (Wildman–Crippen LogP) is 2.82. The molecule has 0 bridgehead atoms. The van der Waals surface area contributed by atoms with Gasteiger partial charge in [-0.05, 0) is 31.0 Å². The van der Waals surface area contributed by atoms with Gasteiger partial charge >= 0.3 is 5.97 Å². The summed E-state index contributed by atoms with van der Waals surface area (Å²) in [7, 11) is 1.28. The van der Waals surface area contributed by atoms with E-state index in [1.54, 1.807) is 0 Å². The molecular formula is C15H22FNO3. The monoisotopic (exact) mass is 283 g/mol. The van der Waals surface area contributed by atoms with Gasteiger partial charge in [-0.2, -0.15) is 0 Å². The Balaban J connectivity index is 2.96. The van der Waals surface area contributed by atoms with Crippen molar-refractivity contribution >= 4 is 11.7 Å². The zero-order valence-corrected chi connectivity index (χ0v) is 12.2. The van der Waals surface area contributed by atoms with Gasteiger partial charge in [0.1, 0.15) is 5.82 Å². The number of methoxy groups -OCH3 is 1. The van der Waals surface area contributed by atoms with Gasteiger partial charge in [0.2, 0.25) is 0 Å². The van der Waals surface area contributed by atoms with Gasteiger partial charge in [0, 0.05) is 12.0 Å². The first-order chi connectivity index (χ1) is 9.51. The minimum atomic E-state index is -0.518. The molecule has 0 atom stereocenters. The number of benzene rings is 1. The van der Waals surface area contributed by atoms with Gasteiger partial charge in [0.15, 0.2) is 0 Å². The van der Waals surface area contributed by atoms with Gasteiger partial charge in [-0.25, -0.2) is 9.18 Å². The van der Waals surface area contributed by atoms with E-state index in [1.807, 2.05) is 13.8 Å². The van der Waals surface area contributed by atoms with Crippen LogP contribution in [0.25, 0.3) is 0 Å². The summed E-state index contributed by atoms with van der Waals surface area (Å²) in [5, 5.41) is 12.6. The highest BCUT2D eigenvalue weighted by Gasteiger charge is 2.25. The summed E-state index contributed by atoms with van der Waals surface area (Å²) in [6.45, 7) is 4.49. The number of nitrogens with one attached hydrogen (secondary N) is 1. The lowest BCUT2D eigenvalue weighted by molar-refractivity contribution is 0.0601. The molecular weight excluding hydrogens is 261 g/mol. The molecule has 1 aromatic carbocycles. The van der Waals surface area contributed by atoms with Crippen LogP contribution in [0, 0.1) is 11.2 Å². The Bertz CT molecular complexity index is 450. The van der Waals surface area contributed by atoms with Gasteiger partial charge in [-0.3, -0.25) is 0 Å². The Morgan fingerprint density at radius 3 is 2.55 bits per heavy atom. The highest BCUT2D eigenvalue weighted by Crippen LogP contribution is 2.27. The number of carbonyl (C=O) groups is 1. The molecule has 0 aliphatic heterocycles. The lowest BCUT2D eigenvalue weighted by Crippen LogP contribution is -2.32. The molecule has 0 aliphatic rings. The maximum atomic E-state index is 13.3. The summed E-state index contributed by atoms with van der Waals surface area (Å²) in [4.78, 5) is 11.6. The topological polar surface area (TPSA) is 58.6 Å². The number of esters is 1. The average Bonchev–Trinajstić information content (AvgIpc) is 2.48. The van der Waals surface area contributed by atoms with Crippen LogP contribution in [0.4, 0.5) is 10.1 Å². The third-order valence-electron chi connectivity index (χ3n) is 3.88. The van der Waals surface area contributed by atoms with Crippen molar-refractivity contribution in [2.45, 2.75) is 26.7 Å². The number of ether oxygens (including phenoxy) is 1. The highest BCUT2D eigenvalue weighted by molar-refractivity contribution is 5.95. The summed E-state index contributed by atoms with van der Waals surface area (Å²) in [5.74, 6) is -0.946. The van der Waals surface area contributed by atoms with Crippen molar-refractivity contribution < 1.29 is 19.0 Å². The molecule has 0 saturated carbocycles. The SMILES string of the molecule is CCC(CC)(CO)CNc1cc(F)ccc1C(=O)OC. The summed E-state index contributed by atoms with van der Waals surface area (Å²) in [6, 6.07) is 3.87. The van der Waals surface area contributed by atoms with Crippen LogP contribution < -0.4 is 5.32 Å². The Labute approximate surface area is 119 Å². The molecule has 0 aromatic heterocycles. The number of hydrogen-bond acceptors (Lipinski definition) is 4. The van der Waals surface area contributed by atoms with Crippen LogP contribution in [0.5, 0.6) is 0 Å². The molecule has 0 radical (unpaired) electrons. The van der Waals surface area contributed by atoms with Crippen molar-refractivity contribution in [1.29, 1.82) is 0 Å². The normalized spacial score (nSPS) is 11.2. The van der Waals surface area contributed by atoms with Crippen LogP contribution in [0.1, 0.15) is 37.0 Å². The molecule has 2 N–H and O–H groups in total. The van der Waals surface area contributed by atoms with Crippen LogP contribution in [0.2, 0.25) is 0 Å². The smallest absolute Gasteiger partial charge is 0.339 e. The lowest BCUT2D eigenvalue weighted by Gasteiger charge is -2.30. The van der Waals surface area contributed by atoms with E-state index < -0.39 is 11.8 Å². The number of aliphatic hydroxyl groups excluding tert-OH is 1. The molecule has 4 nitrogen and oxygen atoms in total. The first-order valence-electron chi connectivity index (χ1n) is 6.74. The molecule has 0 saturated heterocycles. The van der Waals surface area contributed by atoms with E-state index in [-0.39, 0.29) is 17.6 Å². The van der Waals surface area contributed by atoms with Crippen LogP contribution >= 0.6 is 0 Å². The second-order valence-electron chi connectivity index (χ2n) is 4.90. The van der Waals surface area contributed by atoms with Crippen molar-refractivity contribution in [2.75, 3.05) is 25.6 Å². The van der Waals surface area contributed by atoms with Crippen LogP contribution in [-0.2, 0) is 4.74 Å². The van der Waals surface area contributed by atoms with Gasteiger partial charge in [-0.15, -0.1) is 0 Å². The van der Waals surface area contributed by atoms with Gasteiger partial charge in [-0.1, -0.05) is 13.8 Å². The zero-order valence-electron chi connectivity index (χ0n) is 12.2. The second-order valence-corrected chi connectivity index (χ2v) is 4.90. The quantitative estimate of drug-likeness (QED) is 0.755. The number of hydrogen-bond donors (Lipinski definition) is 2. The summed E-state index contributed by atoms with van der Waals surface area (Å²) in [5.41, 5.74) is 0.393. The van der Waals surface area contributed by atoms with Crippen molar-refractivity contribution in [1.82, 2.24) is 0 Å². The molecule has 5 heteroatoms. The molecule has 0 unspecified atom stereocenters. The van der Waals surface area contributed by atoms with Crippen molar-refractivity contribution in [3.05, 3.63) is 29.6 Å². The molecule has 1 rings (SSSR count). The fourth-order valence-electron chi connectivity index (χ4n) is 2.01. The zero-order chi connectivity index (χ0) is 15.2. The van der Waals surface area contributed by atoms with Crippen molar-refractivity contribution in [3.8, 4) is 0 Å². The number of anilines is 1. The molecule has 20 heavy (non-hydrogen) atoms. The minimum Gasteiger partial charge on any atom is -0.465 e. The van der Waals surface area contributed by atoms with Crippen molar-refractivity contribution in [3.63, 3.8) is 0 Å². The fourth-order valence-corrected chi connectivity index (χ4v) is 2.01. The van der Waals surface area contributed by atoms with Crippen LogP contribution in [0.3, 0.4) is 0 Å². The molecule has 1 aromatic rings. The van der Waals surface area contributed by atoms with Gasteiger partial charge in [0.05, 0.1) is 25.0 Å². The first kappa shape index (κ1) is 16.4. The Morgan fingerprint density at radius 2 is 2.05 bits per heavy atom. The molecule has 112 valence electrons. The first-order valence-corrected chi connectivity index (χ1v) is 6.74. The Morgan fingerprint density at radius 1 is 1.40 bits per heavy atom. The second kappa shape index (κ2) is 7.24. The molecule has 0 fully saturated rings. The fraction of sp³-hybridized carbons (Fsp3) is 0.533. The van der Waals surface area contributed by atoms with Crippen molar-refractivity contribution in [2.24, 2.45) is 5.41 Å². The van der Waals surface area contributed by atoms with Crippen LogP contribution in [-0.4, -0.2) is 31.3 Å². The van der Waals surface area contributed by atoms with E-state index >= 15 is 0 Å². The third kappa shape index (κ3) is 3.70. The van der Waals surface area contributed by atoms with E-state index in [1.165, 1.54) is 25.3 Å². The number of rotatable bonds is 7. The third-order valence-corrected chi connectivity index (χ3v) is 3.88. The molecule has 0 amide bonds. The number of halogens is 1. The standard InChI is InChI=1S/C15H22FNO3/c1-4-15(5-2,10-18)9-17-13-8-11(16)6-7-12(13)14(19)20-3/h6-8,17-18H,4-5,9-10H2,1-3H3. The van der Waals surface area contributed by atoms with Gasteiger partial charge in [0.25, 0.3) is 0 Å². The summed E-state index contributed by atoms with van der Waals surface area (Å²) >= 11 is 0. The molecule has 0 heterocycles. The van der Waals surface area contributed by atoms with E-state index in [0.29, 0.717) is 12.2 Å². The predicted molar refractivity (Wildman–Crippen MR) is 76.3 cm³/mol. The average molecular weight is 283 g/mol. The summed E-state index contributed by atoms with van der Waals surface area (Å²) < 4.78 is 18.0. The number of carbonyl (C=O) groups excluding carboxylic acids is 1. The van der Waals surface area contributed by atoms with E-state index in [0.717, 1.165) is 12.8 Å². The summed E-state index contributed by atoms with van der Waals surface area (Å²) in [6.07, 6.45) is 1.58. The van der Waals surface area contributed by atoms with Gasteiger partial charge < -0.3 is 15.2 Å². The van der Waals surface area contributed by atoms with Crippen LogP contribution in [0.15, 0.2) is 18.2 Å². The highest BCUT2D eigenvalue weighted by atomic mass is 19.1. The minimum absolute atomic E-state index is 0.0376. The Hall–Kier alpha value is -1.62. The van der Waals surface area contributed by atoms with E-state index in [2.05, 4.69) is 10.1 Å². The number of aliphatic hydroxyl groups is 1. The maximum Gasteiger partial charge on any atom is 0.339 e. The molecule has 0 spiro atoms. The molecule has 0 aliphatic carbocycles. The van der Waals surface area contributed by atoms with E-state index in [4.69, 9.17) is 0 Å². The maximum absolute atomic E-state index is 13.3. The van der Waals surface area contributed by atoms with E-state index in [9.17, 15) is 14.3 Å². The lowest BCUT2D eigenvalue weighted by atomic mass is 9.83. The Kier molecular flexibility index (Phi) is 5.95. The largest absolute Gasteiger partial charge is 0.465 e.